The van der Waals surface area contributed by atoms with Crippen LogP contribution in [-0.4, -0.2) is 112 Å². The van der Waals surface area contributed by atoms with E-state index < -0.39 is 30.2 Å². The second-order valence-corrected chi connectivity index (χ2v) is 15.9. The van der Waals surface area contributed by atoms with E-state index in [1.165, 1.54) is 28.4 Å². The van der Waals surface area contributed by atoms with Gasteiger partial charge in [0, 0.05) is 59.3 Å². The monoisotopic (exact) mass is 854 g/mol. The summed E-state index contributed by atoms with van der Waals surface area (Å²) >= 11 is 0. The van der Waals surface area contributed by atoms with Crippen LogP contribution >= 0.6 is 0 Å². The number of esters is 2. The number of hydrogen-bond donors (Lipinski definition) is 0. The van der Waals surface area contributed by atoms with Gasteiger partial charge in [0.05, 0.1) is 48.7 Å². The normalized spacial score (nSPS) is 19.2. The van der Waals surface area contributed by atoms with Gasteiger partial charge in [-0.25, -0.2) is 9.59 Å². The van der Waals surface area contributed by atoms with E-state index in [0.29, 0.717) is 112 Å². The van der Waals surface area contributed by atoms with Gasteiger partial charge in [-0.2, -0.15) is 0 Å². The second kappa shape index (κ2) is 16.2. The van der Waals surface area contributed by atoms with Gasteiger partial charge in [0.1, 0.15) is 23.3 Å². The molecule has 0 radical (unpaired) electrons. The lowest BCUT2D eigenvalue weighted by molar-refractivity contribution is 0.00867. The predicted molar refractivity (Wildman–Crippen MR) is 221 cm³/mol. The molecule has 16 nitrogen and oxygen atoms in total. The molecular formula is C46H50N2O14. The Labute approximate surface area is 359 Å². The zero-order valence-corrected chi connectivity index (χ0v) is 36.3. The standard InChI is InChI=1S/C46H50N2O14/c1-47(2)16-14-22-26(38-43(59-20-57-38)37(53-6)28(22)19-31-24-10-12-29(51-4)40(54-7)33(24)45(49)61-31)18-27-23-15-17-48(3)35(32(23)42(56-9)44-39(27)58-21-60-44)36-25-11-13-30(52-5)41(55-8)34(25)46(50)62-36/h10-13,31,35-36H,14-21H2,1-9H3/t31-,35?,36?/m1/s1. The Kier molecular flexibility index (Phi) is 10.8. The molecule has 0 N–H and O–H groups in total. The first-order valence-electron chi connectivity index (χ1n) is 20.4. The number of carbonyl (C=O) groups excluding carboxylic acids is 2. The molecule has 2 unspecified atom stereocenters. The summed E-state index contributed by atoms with van der Waals surface area (Å²) in [7, 11) is 15.3. The van der Waals surface area contributed by atoms with Gasteiger partial charge < -0.3 is 61.7 Å². The molecule has 0 saturated heterocycles. The molecule has 0 bridgehead atoms. The Morgan fingerprint density at radius 3 is 1.82 bits per heavy atom. The van der Waals surface area contributed by atoms with E-state index in [0.717, 1.165) is 33.4 Å². The lowest BCUT2D eigenvalue weighted by Crippen LogP contribution is -2.37. The van der Waals surface area contributed by atoms with Crippen molar-refractivity contribution in [2.45, 2.75) is 43.9 Å². The highest BCUT2D eigenvalue weighted by molar-refractivity contribution is 5.99. The van der Waals surface area contributed by atoms with Gasteiger partial charge in [-0.15, -0.1) is 0 Å². The molecular weight excluding hydrogens is 805 g/mol. The lowest BCUT2D eigenvalue weighted by atomic mass is 9.80. The van der Waals surface area contributed by atoms with Crippen molar-refractivity contribution in [3.63, 3.8) is 0 Å². The third-order valence-electron chi connectivity index (χ3n) is 12.6. The number of cyclic esters (lactones) is 2. The summed E-state index contributed by atoms with van der Waals surface area (Å²) < 4.78 is 72.3. The van der Waals surface area contributed by atoms with E-state index in [9.17, 15) is 9.59 Å². The van der Waals surface area contributed by atoms with Gasteiger partial charge >= 0.3 is 11.9 Å². The SMILES string of the molecule is COc1ccc2c(c1OC)C(=O)OC2C1c2c(c(Cc3c(CCN(C)C)c(C[C@H]4OC(=O)c5c4ccc(OC)c5OC)c(OC)c4c3OCO4)c3c(c2OC)OCO3)CCN1C. The van der Waals surface area contributed by atoms with Gasteiger partial charge in [0.25, 0.3) is 0 Å². The van der Waals surface area contributed by atoms with E-state index in [1.54, 1.807) is 26.4 Å². The van der Waals surface area contributed by atoms with Crippen LogP contribution < -0.4 is 47.4 Å². The van der Waals surface area contributed by atoms with Crippen LogP contribution in [0.4, 0.5) is 0 Å². The number of hydrogen-bond acceptors (Lipinski definition) is 16. The van der Waals surface area contributed by atoms with Gasteiger partial charge in [0.2, 0.25) is 25.1 Å². The van der Waals surface area contributed by atoms with Crippen LogP contribution in [0.15, 0.2) is 24.3 Å². The summed E-state index contributed by atoms with van der Waals surface area (Å²) in [5.74, 6) is 3.61. The number of ether oxygens (including phenoxy) is 12. The molecule has 3 atom stereocenters. The van der Waals surface area contributed by atoms with Crippen molar-refractivity contribution < 1.29 is 66.4 Å². The molecule has 16 heteroatoms. The Balaban J connectivity index is 1.22. The number of fused-ring (bicyclic) bond motifs is 5. The molecule has 9 rings (SSSR count). The maximum Gasteiger partial charge on any atom is 0.343 e. The zero-order chi connectivity index (χ0) is 43.6. The minimum Gasteiger partial charge on any atom is -0.493 e. The van der Waals surface area contributed by atoms with E-state index in [-0.39, 0.29) is 20.0 Å². The second-order valence-electron chi connectivity index (χ2n) is 15.9. The molecule has 5 heterocycles. The van der Waals surface area contributed by atoms with Crippen LogP contribution in [0, 0.1) is 0 Å². The Morgan fingerprint density at radius 2 is 1.21 bits per heavy atom. The van der Waals surface area contributed by atoms with E-state index in [4.69, 9.17) is 56.8 Å². The van der Waals surface area contributed by atoms with Crippen molar-refractivity contribution in [3.05, 3.63) is 79.9 Å². The fourth-order valence-electron chi connectivity index (χ4n) is 9.82. The van der Waals surface area contributed by atoms with Crippen LogP contribution in [0.5, 0.6) is 57.5 Å². The van der Waals surface area contributed by atoms with Gasteiger partial charge in [-0.3, -0.25) is 4.90 Å². The Bertz CT molecular complexity index is 2480. The number of rotatable bonds is 14. The van der Waals surface area contributed by atoms with E-state index in [1.807, 2.05) is 33.3 Å². The number of benzene rings is 4. The fourth-order valence-corrected chi connectivity index (χ4v) is 9.82. The summed E-state index contributed by atoms with van der Waals surface area (Å²) in [6, 6.07) is 6.79. The summed E-state index contributed by atoms with van der Waals surface area (Å²) in [6.07, 6.45) is 0.448. The van der Waals surface area contributed by atoms with Crippen LogP contribution in [-0.2, 0) is 35.2 Å². The number of likely N-dealkylation sites (N-methyl/N-ethyl adjacent to an activating group) is 2. The minimum absolute atomic E-state index is 0.0138. The van der Waals surface area contributed by atoms with Gasteiger partial charge in [-0.05, 0) is 57.2 Å². The highest BCUT2D eigenvalue weighted by Gasteiger charge is 2.48. The summed E-state index contributed by atoms with van der Waals surface area (Å²) in [6.45, 7) is 1.28. The molecule has 62 heavy (non-hydrogen) atoms. The molecule has 0 aromatic heterocycles. The third kappa shape index (κ3) is 6.32. The average molecular weight is 855 g/mol. The fraction of sp³-hybridized carbons (Fsp3) is 0.435. The van der Waals surface area contributed by atoms with E-state index in [2.05, 4.69) is 9.80 Å². The first-order chi connectivity index (χ1) is 30.1. The minimum atomic E-state index is -0.719. The number of nitrogens with zero attached hydrogens (tertiary/aromatic N) is 2. The molecule has 0 amide bonds. The van der Waals surface area contributed by atoms with Crippen molar-refractivity contribution in [1.29, 1.82) is 0 Å². The zero-order valence-electron chi connectivity index (χ0n) is 36.3. The predicted octanol–water partition coefficient (Wildman–Crippen LogP) is 5.79. The molecule has 0 fully saturated rings. The molecule has 328 valence electrons. The maximum atomic E-state index is 13.7. The molecule has 5 aliphatic heterocycles. The highest BCUT2D eigenvalue weighted by Crippen LogP contribution is 2.59. The Hall–Kier alpha value is -6.26. The molecule has 4 aromatic rings. The van der Waals surface area contributed by atoms with Crippen molar-refractivity contribution in [2.75, 3.05) is 90.5 Å². The summed E-state index contributed by atoms with van der Waals surface area (Å²) in [5.41, 5.74) is 7.39. The van der Waals surface area contributed by atoms with E-state index >= 15 is 0 Å². The smallest absolute Gasteiger partial charge is 0.343 e. The maximum absolute atomic E-state index is 13.7. The van der Waals surface area contributed by atoms with Crippen LogP contribution in [0.3, 0.4) is 0 Å². The van der Waals surface area contributed by atoms with Crippen molar-refractivity contribution in [1.82, 2.24) is 9.80 Å². The van der Waals surface area contributed by atoms with Crippen LogP contribution in [0.25, 0.3) is 0 Å². The molecule has 4 aromatic carbocycles. The van der Waals surface area contributed by atoms with Crippen LogP contribution in [0.1, 0.15) is 83.5 Å². The molecule has 0 spiro atoms. The largest absolute Gasteiger partial charge is 0.493 e. The number of carbonyl (C=O) groups is 2. The Morgan fingerprint density at radius 1 is 0.645 bits per heavy atom. The topological polar surface area (TPSA) is 151 Å². The van der Waals surface area contributed by atoms with Gasteiger partial charge in [-0.1, -0.05) is 12.1 Å². The molecule has 0 aliphatic carbocycles. The first kappa shape index (κ1) is 41.1. The number of methoxy groups -OCH3 is 6. The van der Waals surface area contributed by atoms with Crippen molar-refractivity contribution in [2.24, 2.45) is 0 Å². The summed E-state index contributed by atoms with van der Waals surface area (Å²) in [5, 5.41) is 0. The van der Waals surface area contributed by atoms with Crippen molar-refractivity contribution in [3.8, 4) is 57.5 Å². The lowest BCUT2D eigenvalue weighted by Gasteiger charge is -2.39. The first-order valence-corrected chi connectivity index (χ1v) is 20.4. The van der Waals surface area contributed by atoms with Gasteiger partial charge in [0.15, 0.2) is 46.0 Å². The highest BCUT2D eigenvalue weighted by atomic mass is 16.7. The quantitative estimate of drug-likeness (QED) is 0.141. The molecule has 0 saturated carbocycles. The summed E-state index contributed by atoms with van der Waals surface area (Å²) in [4.78, 5) is 31.5. The average Bonchev–Trinajstić information content (AvgIpc) is 4.09. The van der Waals surface area contributed by atoms with Crippen molar-refractivity contribution >= 4 is 11.9 Å². The third-order valence-corrected chi connectivity index (χ3v) is 12.6. The molecule has 5 aliphatic rings. The van der Waals surface area contributed by atoms with Crippen LogP contribution in [0.2, 0.25) is 0 Å².